The average Bonchev–Trinajstić information content (AvgIpc) is 2.70. The van der Waals surface area contributed by atoms with Crippen molar-refractivity contribution >= 4 is 0 Å². The zero-order valence-electron chi connectivity index (χ0n) is 8.08. The van der Waals surface area contributed by atoms with Crippen LogP contribution in [0.25, 0.3) is 0 Å². The molecule has 4 nitrogen and oxygen atoms in total. The molecule has 0 saturated heterocycles. The van der Waals surface area contributed by atoms with Crippen LogP contribution in [0.3, 0.4) is 0 Å². The highest BCUT2D eigenvalue weighted by molar-refractivity contribution is 5.00. The third-order valence-electron chi connectivity index (χ3n) is 2.42. The highest BCUT2D eigenvalue weighted by Gasteiger charge is 2.35. The first-order chi connectivity index (χ1) is 6.08. The molecule has 1 fully saturated rings. The zero-order chi connectivity index (χ0) is 9.47. The van der Waals surface area contributed by atoms with Crippen LogP contribution in [0.1, 0.15) is 38.0 Å². The van der Waals surface area contributed by atoms with Crippen LogP contribution in [0.4, 0.5) is 0 Å². The van der Waals surface area contributed by atoms with Crippen LogP contribution in [0, 0.1) is 12.8 Å². The molecular weight excluding hydrogens is 166 g/mol. The molecule has 0 spiro atoms. The summed E-state index contributed by atoms with van der Waals surface area (Å²) in [6.45, 7) is 3.74. The quantitative estimate of drug-likeness (QED) is 0.764. The molecule has 2 N–H and O–H groups in total. The Kier molecular flexibility index (Phi) is 1.87. The SMILES string of the molecule is Cc1nnc([C@@](C)(N)CC2CC2)o1. The summed E-state index contributed by atoms with van der Waals surface area (Å²) in [5.41, 5.74) is 5.65. The Morgan fingerprint density at radius 1 is 1.54 bits per heavy atom. The van der Waals surface area contributed by atoms with Crippen LogP contribution in [-0.2, 0) is 5.54 Å². The predicted molar refractivity (Wildman–Crippen MR) is 47.9 cm³/mol. The summed E-state index contributed by atoms with van der Waals surface area (Å²) in [7, 11) is 0. The molecule has 1 aliphatic carbocycles. The van der Waals surface area contributed by atoms with Gasteiger partial charge in [0.1, 0.15) is 0 Å². The fourth-order valence-electron chi connectivity index (χ4n) is 1.54. The van der Waals surface area contributed by atoms with Crippen molar-refractivity contribution in [1.82, 2.24) is 10.2 Å². The molecule has 2 rings (SSSR count). The molecule has 1 aromatic rings. The second-order valence-electron chi connectivity index (χ2n) is 4.19. The molecule has 72 valence electrons. The monoisotopic (exact) mass is 181 g/mol. The third kappa shape index (κ3) is 1.88. The molecule has 1 aromatic heterocycles. The average molecular weight is 181 g/mol. The Hall–Kier alpha value is -0.900. The van der Waals surface area contributed by atoms with Crippen molar-refractivity contribution in [2.24, 2.45) is 11.7 Å². The van der Waals surface area contributed by atoms with Gasteiger partial charge < -0.3 is 10.2 Å². The van der Waals surface area contributed by atoms with Crippen molar-refractivity contribution < 1.29 is 4.42 Å². The lowest BCUT2D eigenvalue weighted by molar-refractivity contribution is 0.313. The second-order valence-corrected chi connectivity index (χ2v) is 4.19. The Morgan fingerprint density at radius 3 is 2.69 bits per heavy atom. The summed E-state index contributed by atoms with van der Waals surface area (Å²) >= 11 is 0. The minimum atomic E-state index is -0.442. The van der Waals surface area contributed by atoms with Gasteiger partial charge in [-0.3, -0.25) is 0 Å². The van der Waals surface area contributed by atoms with Crippen LogP contribution in [-0.4, -0.2) is 10.2 Å². The van der Waals surface area contributed by atoms with E-state index in [-0.39, 0.29) is 0 Å². The molecule has 4 heteroatoms. The van der Waals surface area contributed by atoms with Crippen molar-refractivity contribution in [2.75, 3.05) is 0 Å². The number of nitrogens with zero attached hydrogens (tertiary/aromatic N) is 2. The number of aromatic nitrogens is 2. The second kappa shape index (κ2) is 2.80. The van der Waals surface area contributed by atoms with Crippen molar-refractivity contribution in [3.8, 4) is 0 Å². The van der Waals surface area contributed by atoms with E-state index in [1.165, 1.54) is 12.8 Å². The summed E-state index contributed by atoms with van der Waals surface area (Å²) < 4.78 is 5.33. The Bertz CT molecular complexity index is 302. The van der Waals surface area contributed by atoms with E-state index in [9.17, 15) is 0 Å². The maximum atomic E-state index is 6.10. The number of rotatable bonds is 3. The first kappa shape index (κ1) is 8.69. The van der Waals surface area contributed by atoms with Crippen LogP contribution >= 0.6 is 0 Å². The summed E-state index contributed by atoms with van der Waals surface area (Å²) in [6, 6.07) is 0. The van der Waals surface area contributed by atoms with Crippen LogP contribution in [0.5, 0.6) is 0 Å². The molecule has 0 aliphatic heterocycles. The first-order valence-corrected chi connectivity index (χ1v) is 4.67. The Labute approximate surface area is 77.5 Å². The third-order valence-corrected chi connectivity index (χ3v) is 2.42. The van der Waals surface area contributed by atoms with E-state index in [2.05, 4.69) is 10.2 Å². The van der Waals surface area contributed by atoms with Gasteiger partial charge in [-0.05, 0) is 19.3 Å². The molecule has 1 atom stereocenters. The molecule has 13 heavy (non-hydrogen) atoms. The molecule has 1 heterocycles. The number of aryl methyl sites for hydroxylation is 1. The lowest BCUT2D eigenvalue weighted by atomic mass is 9.96. The summed E-state index contributed by atoms with van der Waals surface area (Å²) in [5, 5.41) is 7.74. The van der Waals surface area contributed by atoms with Crippen LogP contribution in [0.15, 0.2) is 4.42 Å². The standard InChI is InChI=1S/C9H15N3O/c1-6-11-12-8(13-6)9(2,10)5-7-3-4-7/h7H,3-5,10H2,1-2H3/t9-/m0/s1. The van der Waals surface area contributed by atoms with Gasteiger partial charge in [0, 0.05) is 6.92 Å². The molecular formula is C9H15N3O. The van der Waals surface area contributed by atoms with Gasteiger partial charge in [0.15, 0.2) is 0 Å². The lowest BCUT2D eigenvalue weighted by Crippen LogP contribution is -2.34. The summed E-state index contributed by atoms with van der Waals surface area (Å²) in [5.74, 6) is 1.92. The minimum Gasteiger partial charge on any atom is -0.424 e. The van der Waals surface area contributed by atoms with E-state index >= 15 is 0 Å². The maximum Gasteiger partial charge on any atom is 0.235 e. The largest absolute Gasteiger partial charge is 0.424 e. The smallest absolute Gasteiger partial charge is 0.235 e. The molecule has 0 radical (unpaired) electrons. The van der Waals surface area contributed by atoms with E-state index in [0.717, 1.165) is 12.3 Å². The minimum absolute atomic E-state index is 0.442. The van der Waals surface area contributed by atoms with Crippen molar-refractivity contribution in [1.29, 1.82) is 0 Å². The van der Waals surface area contributed by atoms with Gasteiger partial charge in [-0.15, -0.1) is 10.2 Å². The number of hydrogen-bond acceptors (Lipinski definition) is 4. The number of hydrogen-bond donors (Lipinski definition) is 1. The Morgan fingerprint density at radius 2 is 2.23 bits per heavy atom. The topological polar surface area (TPSA) is 64.9 Å². The lowest BCUT2D eigenvalue weighted by Gasteiger charge is -2.19. The summed E-state index contributed by atoms with van der Waals surface area (Å²) in [4.78, 5) is 0. The van der Waals surface area contributed by atoms with Crippen LogP contribution in [0.2, 0.25) is 0 Å². The van der Waals surface area contributed by atoms with Gasteiger partial charge in [0.25, 0.3) is 0 Å². The molecule has 0 amide bonds. The molecule has 0 bridgehead atoms. The van der Waals surface area contributed by atoms with E-state index in [1.54, 1.807) is 6.92 Å². The van der Waals surface area contributed by atoms with Gasteiger partial charge in [-0.2, -0.15) is 0 Å². The van der Waals surface area contributed by atoms with Crippen molar-refractivity contribution in [3.63, 3.8) is 0 Å². The first-order valence-electron chi connectivity index (χ1n) is 4.67. The molecule has 0 unspecified atom stereocenters. The highest BCUT2D eigenvalue weighted by atomic mass is 16.4. The van der Waals surface area contributed by atoms with E-state index < -0.39 is 5.54 Å². The molecule has 1 aliphatic rings. The zero-order valence-corrected chi connectivity index (χ0v) is 8.08. The Balaban J connectivity index is 2.12. The van der Waals surface area contributed by atoms with Gasteiger partial charge in [-0.25, -0.2) is 0 Å². The van der Waals surface area contributed by atoms with Gasteiger partial charge in [0.05, 0.1) is 5.54 Å². The van der Waals surface area contributed by atoms with Crippen molar-refractivity contribution in [3.05, 3.63) is 11.8 Å². The van der Waals surface area contributed by atoms with Gasteiger partial charge in [-0.1, -0.05) is 12.8 Å². The predicted octanol–water partition coefficient (Wildman–Crippen LogP) is 1.35. The van der Waals surface area contributed by atoms with E-state index in [1.807, 2.05) is 6.92 Å². The maximum absolute atomic E-state index is 6.10. The van der Waals surface area contributed by atoms with E-state index in [4.69, 9.17) is 10.2 Å². The normalized spacial score (nSPS) is 21.5. The summed E-state index contributed by atoms with van der Waals surface area (Å²) in [6.07, 6.45) is 3.54. The molecule has 0 aromatic carbocycles. The number of nitrogens with two attached hydrogens (primary N) is 1. The van der Waals surface area contributed by atoms with Gasteiger partial charge in [0.2, 0.25) is 11.8 Å². The fourth-order valence-corrected chi connectivity index (χ4v) is 1.54. The van der Waals surface area contributed by atoms with Crippen molar-refractivity contribution in [2.45, 2.75) is 38.6 Å². The highest BCUT2D eigenvalue weighted by Crippen LogP contribution is 2.38. The van der Waals surface area contributed by atoms with E-state index in [0.29, 0.717) is 11.8 Å². The fraction of sp³-hybridized carbons (Fsp3) is 0.778. The van der Waals surface area contributed by atoms with Crippen LogP contribution < -0.4 is 5.73 Å². The van der Waals surface area contributed by atoms with Gasteiger partial charge >= 0.3 is 0 Å². The molecule has 1 saturated carbocycles.